The molecule has 1 aliphatic rings. The predicted octanol–water partition coefficient (Wildman–Crippen LogP) is 2.84. The minimum Gasteiger partial charge on any atom is -0.444 e. The van der Waals surface area contributed by atoms with E-state index in [-0.39, 0.29) is 6.04 Å². The van der Waals surface area contributed by atoms with Crippen molar-refractivity contribution in [3.63, 3.8) is 0 Å². The molecule has 124 valence electrons. The molecule has 0 aliphatic carbocycles. The van der Waals surface area contributed by atoms with Gasteiger partial charge in [0.1, 0.15) is 11.4 Å². The number of pyridine rings is 1. The number of carbonyl (C=O) groups is 1. The molecule has 1 N–H and O–H groups in total. The molecule has 2 heterocycles. The first-order valence-electron chi connectivity index (χ1n) is 7.99. The van der Waals surface area contributed by atoms with Gasteiger partial charge in [0.2, 0.25) is 0 Å². The summed E-state index contributed by atoms with van der Waals surface area (Å²) >= 11 is 0. The number of nitriles is 1. The maximum Gasteiger partial charge on any atom is 0.407 e. The zero-order valence-corrected chi connectivity index (χ0v) is 14.0. The second kappa shape index (κ2) is 7.32. The minimum absolute atomic E-state index is 0.165. The summed E-state index contributed by atoms with van der Waals surface area (Å²) in [5.74, 6) is 0.791. The average Bonchev–Trinajstić information content (AvgIpc) is 2.51. The number of nitrogens with one attached hydrogen (secondary N) is 1. The summed E-state index contributed by atoms with van der Waals surface area (Å²) in [6.07, 6.45) is 4.44. The Labute approximate surface area is 137 Å². The molecule has 0 radical (unpaired) electrons. The lowest BCUT2D eigenvalue weighted by atomic mass is 10.0. The van der Waals surface area contributed by atoms with E-state index >= 15 is 0 Å². The molecule has 1 aliphatic heterocycles. The lowest BCUT2D eigenvalue weighted by Gasteiger charge is -2.37. The summed E-state index contributed by atoms with van der Waals surface area (Å²) in [6.45, 7) is 6.92. The standard InChI is InChI=1S/C17H24N4O2/c1-17(2,3)23-16(22)20-12-14-6-4-5-9-21(14)15-10-13(11-18)7-8-19-15/h7-8,10,14H,4-6,9,12H2,1-3H3,(H,20,22)/t14-/m0/s1. The molecule has 0 bridgehead atoms. The van der Waals surface area contributed by atoms with Gasteiger partial charge < -0.3 is 15.0 Å². The summed E-state index contributed by atoms with van der Waals surface area (Å²) in [4.78, 5) is 18.4. The molecule has 1 aromatic heterocycles. The zero-order chi connectivity index (χ0) is 16.9. The highest BCUT2D eigenvalue weighted by Gasteiger charge is 2.25. The Bertz CT molecular complexity index is 589. The zero-order valence-electron chi connectivity index (χ0n) is 14.0. The van der Waals surface area contributed by atoms with Gasteiger partial charge >= 0.3 is 6.09 Å². The first-order valence-corrected chi connectivity index (χ1v) is 7.99. The first-order chi connectivity index (χ1) is 10.9. The number of carbonyl (C=O) groups excluding carboxylic acids is 1. The molecule has 0 saturated carbocycles. The molecule has 1 saturated heterocycles. The number of ether oxygens (including phenoxy) is 1. The highest BCUT2D eigenvalue weighted by molar-refractivity contribution is 5.67. The second-order valence-electron chi connectivity index (χ2n) is 6.74. The maximum atomic E-state index is 11.8. The lowest BCUT2D eigenvalue weighted by Crippen LogP contribution is -2.48. The van der Waals surface area contributed by atoms with Crippen LogP contribution in [0.2, 0.25) is 0 Å². The molecule has 0 unspecified atom stereocenters. The molecule has 23 heavy (non-hydrogen) atoms. The van der Waals surface area contributed by atoms with Crippen molar-refractivity contribution in [1.82, 2.24) is 10.3 Å². The van der Waals surface area contributed by atoms with Gasteiger partial charge in [-0.1, -0.05) is 0 Å². The van der Waals surface area contributed by atoms with E-state index in [4.69, 9.17) is 10.00 Å². The van der Waals surface area contributed by atoms with E-state index in [0.29, 0.717) is 12.1 Å². The number of nitrogens with zero attached hydrogens (tertiary/aromatic N) is 3. The third-order valence-electron chi connectivity index (χ3n) is 3.68. The van der Waals surface area contributed by atoms with Crippen molar-refractivity contribution in [3.8, 4) is 6.07 Å². The van der Waals surface area contributed by atoms with Gasteiger partial charge in [-0.05, 0) is 52.2 Å². The molecule has 6 heteroatoms. The van der Waals surface area contributed by atoms with E-state index in [2.05, 4.69) is 21.3 Å². The van der Waals surface area contributed by atoms with Gasteiger partial charge in [0.15, 0.2) is 0 Å². The number of piperidine rings is 1. The van der Waals surface area contributed by atoms with Gasteiger partial charge in [0.25, 0.3) is 0 Å². The maximum absolute atomic E-state index is 11.8. The van der Waals surface area contributed by atoms with Gasteiger partial charge in [-0.15, -0.1) is 0 Å². The average molecular weight is 316 g/mol. The molecule has 1 aromatic rings. The first kappa shape index (κ1) is 17.1. The fourth-order valence-electron chi connectivity index (χ4n) is 2.67. The van der Waals surface area contributed by atoms with Crippen LogP contribution in [-0.4, -0.2) is 35.8 Å². The van der Waals surface area contributed by atoms with E-state index in [1.807, 2.05) is 20.8 Å². The summed E-state index contributed by atoms with van der Waals surface area (Å²) < 4.78 is 5.28. The number of hydrogen-bond acceptors (Lipinski definition) is 5. The van der Waals surface area contributed by atoms with E-state index in [0.717, 1.165) is 31.6 Å². The Morgan fingerprint density at radius 3 is 3.00 bits per heavy atom. The van der Waals surface area contributed by atoms with E-state index < -0.39 is 11.7 Å². The van der Waals surface area contributed by atoms with Crippen LogP contribution in [0.25, 0.3) is 0 Å². The van der Waals surface area contributed by atoms with Gasteiger partial charge in [-0.25, -0.2) is 9.78 Å². The number of hydrogen-bond donors (Lipinski definition) is 1. The molecule has 0 spiro atoms. The van der Waals surface area contributed by atoms with Gasteiger partial charge in [0, 0.05) is 25.3 Å². The van der Waals surface area contributed by atoms with Crippen molar-refractivity contribution in [1.29, 1.82) is 5.26 Å². The van der Waals surface area contributed by atoms with Crippen LogP contribution in [0.4, 0.5) is 10.6 Å². The molecule has 2 rings (SSSR count). The van der Waals surface area contributed by atoms with Crippen molar-refractivity contribution in [2.75, 3.05) is 18.0 Å². The van der Waals surface area contributed by atoms with Crippen LogP contribution in [0, 0.1) is 11.3 Å². The minimum atomic E-state index is -0.501. The van der Waals surface area contributed by atoms with E-state index in [9.17, 15) is 4.79 Å². The van der Waals surface area contributed by atoms with Gasteiger partial charge in [0.05, 0.1) is 11.6 Å². The smallest absolute Gasteiger partial charge is 0.407 e. The fourth-order valence-corrected chi connectivity index (χ4v) is 2.67. The van der Waals surface area contributed by atoms with Crippen LogP contribution in [-0.2, 0) is 4.74 Å². The molecular weight excluding hydrogens is 292 g/mol. The topological polar surface area (TPSA) is 78.2 Å². The number of rotatable bonds is 3. The summed E-state index contributed by atoms with van der Waals surface area (Å²) in [7, 11) is 0. The number of amides is 1. The number of aromatic nitrogens is 1. The second-order valence-corrected chi connectivity index (χ2v) is 6.74. The SMILES string of the molecule is CC(C)(C)OC(=O)NC[C@@H]1CCCCN1c1cc(C#N)ccn1. The Morgan fingerprint density at radius 2 is 2.30 bits per heavy atom. The van der Waals surface area contributed by atoms with Crippen LogP contribution in [0.3, 0.4) is 0 Å². The highest BCUT2D eigenvalue weighted by atomic mass is 16.6. The van der Waals surface area contributed by atoms with Gasteiger partial charge in [-0.2, -0.15) is 5.26 Å². The van der Waals surface area contributed by atoms with E-state index in [1.54, 1.807) is 18.3 Å². The van der Waals surface area contributed by atoms with Crippen molar-refractivity contribution in [2.24, 2.45) is 0 Å². The third kappa shape index (κ3) is 5.13. The van der Waals surface area contributed by atoms with Crippen molar-refractivity contribution in [3.05, 3.63) is 23.9 Å². The van der Waals surface area contributed by atoms with Crippen molar-refractivity contribution in [2.45, 2.75) is 51.7 Å². The Balaban J connectivity index is 2.01. The quantitative estimate of drug-likeness (QED) is 0.927. The summed E-state index contributed by atoms with van der Waals surface area (Å²) in [5, 5.41) is 11.9. The van der Waals surface area contributed by atoms with Crippen LogP contribution < -0.4 is 10.2 Å². The lowest BCUT2D eigenvalue weighted by molar-refractivity contribution is 0.0523. The molecule has 1 amide bonds. The molecule has 0 aromatic carbocycles. The number of alkyl carbamates (subject to hydrolysis) is 1. The molecule has 1 fully saturated rings. The third-order valence-corrected chi connectivity index (χ3v) is 3.68. The molecular formula is C17H24N4O2. The Morgan fingerprint density at radius 1 is 1.52 bits per heavy atom. The molecule has 1 atom stereocenters. The Kier molecular flexibility index (Phi) is 5.43. The van der Waals surface area contributed by atoms with Crippen LogP contribution in [0.1, 0.15) is 45.6 Å². The fraction of sp³-hybridized carbons (Fsp3) is 0.588. The highest BCUT2D eigenvalue weighted by Crippen LogP contribution is 2.23. The van der Waals surface area contributed by atoms with Crippen LogP contribution in [0.15, 0.2) is 18.3 Å². The molecule has 6 nitrogen and oxygen atoms in total. The predicted molar refractivity (Wildman–Crippen MR) is 88.2 cm³/mol. The summed E-state index contributed by atoms with van der Waals surface area (Å²) in [6, 6.07) is 5.80. The van der Waals surface area contributed by atoms with Crippen LogP contribution >= 0.6 is 0 Å². The largest absolute Gasteiger partial charge is 0.444 e. The Hall–Kier alpha value is -2.29. The van der Waals surface area contributed by atoms with E-state index in [1.165, 1.54) is 0 Å². The van der Waals surface area contributed by atoms with Crippen LogP contribution in [0.5, 0.6) is 0 Å². The van der Waals surface area contributed by atoms with Gasteiger partial charge in [-0.3, -0.25) is 0 Å². The van der Waals surface area contributed by atoms with Crippen molar-refractivity contribution < 1.29 is 9.53 Å². The normalized spacial score (nSPS) is 18.2. The monoisotopic (exact) mass is 316 g/mol. The summed E-state index contributed by atoms with van der Waals surface area (Å²) in [5.41, 5.74) is 0.0957. The van der Waals surface area contributed by atoms with Crippen molar-refractivity contribution >= 4 is 11.9 Å². The number of anilines is 1.